The molecule has 1 fully saturated rings. The summed E-state index contributed by atoms with van der Waals surface area (Å²) in [6, 6.07) is 8.11. The second kappa shape index (κ2) is 22.0. The van der Waals surface area contributed by atoms with Gasteiger partial charge in [-0.15, -0.1) is 12.3 Å². The number of hydrogen-bond acceptors (Lipinski definition) is 5. The van der Waals surface area contributed by atoms with E-state index in [1.165, 1.54) is 101 Å². The number of rotatable bonds is 9. The Kier molecular flexibility index (Phi) is 19.8. The lowest BCUT2D eigenvalue weighted by Crippen LogP contribution is -2.43. The number of terminal acetylenes is 1. The molecule has 2 heterocycles. The molecule has 1 saturated heterocycles. The molecule has 1 aromatic rings. The van der Waals surface area contributed by atoms with E-state index in [1.54, 1.807) is 0 Å². The summed E-state index contributed by atoms with van der Waals surface area (Å²) in [5, 5.41) is 0. The topological polar surface area (TPSA) is 45.3 Å². The van der Waals surface area contributed by atoms with Crippen LogP contribution in [0.4, 0.5) is 0 Å². The number of unbranched alkanes of at least 4 members (excludes halogenated alkanes) is 9. The highest BCUT2D eigenvalue weighted by Gasteiger charge is 2.10. The molecule has 0 radical (unpaired) electrons. The average molecular weight is 448 g/mol. The van der Waals surface area contributed by atoms with Gasteiger partial charge < -0.3 is 4.18 Å². The van der Waals surface area contributed by atoms with Crippen LogP contribution in [0.3, 0.4) is 0 Å². The quantitative estimate of drug-likeness (QED) is 0.218. The lowest BCUT2D eigenvalue weighted by atomic mass is 10.1. The number of benzene rings is 1. The molecule has 0 aromatic heterocycles. The van der Waals surface area contributed by atoms with Crippen molar-refractivity contribution in [3.63, 3.8) is 0 Å². The van der Waals surface area contributed by atoms with Crippen molar-refractivity contribution in [3.8, 4) is 18.1 Å². The van der Waals surface area contributed by atoms with E-state index >= 15 is 0 Å². The fraction of sp³-hybridized carbons (Fsp3) is 0.692. The Bertz CT molecular complexity index is 510. The molecular formula is C26H45N3OS. The third kappa shape index (κ3) is 17.1. The van der Waals surface area contributed by atoms with Crippen molar-refractivity contribution < 1.29 is 4.18 Å². The lowest BCUT2D eigenvalue weighted by molar-refractivity contribution is 0.442. The molecule has 1 aromatic carbocycles. The van der Waals surface area contributed by atoms with E-state index in [1.807, 2.05) is 18.2 Å². The van der Waals surface area contributed by atoms with Crippen molar-refractivity contribution in [1.29, 1.82) is 0 Å². The Labute approximate surface area is 196 Å². The van der Waals surface area contributed by atoms with Crippen molar-refractivity contribution >= 4 is 12.0 Å². The zero-order valence-corrected chi connectivity index (χ0v) is 20.5. The van der Waals surface area contributed by atoms with Crippen molar-refractivity contribution in [1.82, 2.24) is 16.4 Å². The van der Waals surface area contributed by atoms with Gasteiger partial charge in [-0.05, 0) is 25.3 Å². The first kappa shape index (κ1) is 27.8. The maximum atomic E-state index is 5.22. The largest absolute Gasteiger partial charge is 0.425 e. The summed E-state index contributed by atoms with van der Waals surface area (Å²) in [6.07, 6.45) is 23.8. The Balaban J connectivity index is 0.000000237. The average Bonchev–Trinajstić information content (AvgIpc) is 3.33. The summed E-state index contributed by atoms with van der Waals surface area (Å²) in [7, 11) is 0. The van der Waals surface area contributed by atoms with Crippen LogP contribution in [0.5, 0.6) is 5.75 Å². The minimum atomic E-state index is 0.968. The van der Waals surface area contributed by atoms with Gasteiger partial charge in [0.1, 0.15) is 5.75 Å². The summed E-state index contributed by atoms with van der Waals surface area (Å²) < 4.78 is 5.22. The summed E-state index contributed by atoms with van der Waals surface area (Å²) in [5.74, 6) is 4.71. The molecule has 0 amide bonds. The minimum Gasteiger partial charge on any atom is -0.425 e. The number of hydrazine groups is 2. The van der Waals surface area contributed by atoms with Gasteiger partial charge in [-0.3, -0.25) is 0 Å². The molecule has 5 heteroatoms. The SMILES string of the molecule is C#CCCCCCCCCCCC.C1CCCNNNCC1.c1ccc2c(c1)CSO2. The molecule has 2 aliphatic rings. The summed E-state index contributed by atoms with van der Waals surface area (Å²) in [5.41, 5.74) is 10.4. The number of nitrogens with one attached hydrogen (secondary N) is 3. The molecule has 3 N–H and O–H groups in total. The van der Waals surface area contributed by atoms with Gasteiger partial charge in [0.2, 0.25) is 0 Å². The maximum Gasteiger partial charge on any atom is 0.141 e. The van der Waals surface area contributed by atoms with Gasteiger partial charge in [0, 0.05) is 25.1 Å². The van der Waals surface area contributed by atoms with Crippen LogP contribution < -0.4 is 20.6 Å². The van der Waals surface area contributed by atoms with E-state index in [4.69, 9.17) is 10.6 Å². The zero-order valence-electron chi connectivity index (χ0n) is 19.7. The van der Waals surface area contributed by atoms with Crippen LogP contribution >= 0.6 is 12.0 Å². The van der Waals surface area contributed by atoms with Crippen molar-refractivity contribution in [2.75, 3.05) is 13.1 Å². The van der Waals surface area contributed by atoms with Gasteiger partial charge in [-0.1, -0.05) is 89.3 Å². The molecule has 4 nitrogen and oxygen atoms in total. The molecule has 0 saturated carbocycles. The molecule has 176 valence electrons. The van der Waals surface area contributed by atoms with Crippen LogP contribution in [-0.2, 0) is 5.75 Å². The smallest absolute Gasteiger partial charge is 0.141 e. The standard InChI is InChI=1S/C13H24.C7H6OS.C6H15N3/c1-3-5-7-9-11-13-12-10-8-6-4-2;1-2-4-7-6(3-1)5-9-8-7;1-2-4-6-8-9-7-5-3-1/h1H,4-13H2,2H3;1-4H,5H2;7-9H,1-6H2. The molecule has 31 heavy (non-hydrogen) atoms. The molecule has 2 aliphatic heterocycles. The first-order valence-corrected chi connectivity index (χ1v) is 13.3. The van der Waals surface area contributed by atoms with Crippen LogP contribution in [-0.4, -0.2) is 13.1 Å². The Hall–Kier alpha value is -1.19. The van der Waals surface area contributed by atoms with Gasteiger partial charge >= 0.3 is 0 Å². The number of para-hydroxylation sites is 1. The van der Waals surface area contributed by atoms with E-state index in [0.717, 1.165) is 31.0 Å². The third-order valence-corrected chi connectivity index (χ3v) is 6.02. The molecule has 0 aliphatic carbocycles. The van der Waals surface area contributed by atoms with Crippen LogP contribution in [0, 0.1) is 12.3 Å². The highest BCUT2D eigenvalue weighted by molar-refractivity contribution is 7.94. The minimum absolute atomic E-state index is 0.968. The molecular weight excluding hydrogens is 402 g/mol. The summed E-state index contributed by atoms with van der Waals surface area (Å²) in [4.78, 5) is 0. The van der Waals surface area contributed by atoms with Gasteiger partial charge in [0.25, 0.3) is 0 Å². The van der Waals surface area contributed by atoms with E-state index in [0.29, 0.717) is 0 Å². The molecule has 0 bridgehead atoms. The third-order valence-electron chi connectivity index (χ3n) is 5.29. The van der Waals surface area contributed by atoms with E-state index in [9.17, 15) is 0 Å². The first-order valence-electron chi connectivity index (χ1n) is 12.4. The van der Waals surface area contributed by atoms with Crippen molar-refractivity contribution in [3.05, 3.63) is 29.8 Å². The van der Waals surface area contributed by atoms with Crippen LogP contribution in [0.15, 0.2) is 24.3 Å². The van der Waals surface area contributed by atoms with Gasteiger partial charge in [-0.2, -0.15) is 5.53 Å². The summed E-state index contributed by atoms with van der Waals surface area (Å²) >= 11 is 1.50. The van der Waals surface area contributed by atoms with E-state index in [-0.39, 0.29) is 0 Å². The fourth-order valence-electron chi connectivity index (χ4n) is 3.37. The predicted molar refractivity (Wildman–Crippen MR) is 137 cm³/mol. The second-order valence-corrected chi connectivity index (χ2v) is 8.82. The van der Waals surface area contributed by atoms with Crippen LogP contribution in [0.25, 0.3) is 0 Å². The number of fused-ring (bicyclic) bond motifs is 1. The Morgan fingerprint density at radius 2 is 1.48 bits per heavy atom. The Morgan fingerprint density at radius 3 is 2.10 bits per heavy atom. The van der Waals surface area contributed by atoms with E-state index < -0.39 is 0 Å². The molecule has 0 atom stereocenters. The predicted octanol–water partition coefficient (Wildman–Crippen LogP) is 6.93. The lowest BCUT2D eigenvalue weighted by Gasteiger charge is -2.03. The first-order chi connectivity index (χ1) is 15.4. The van der Waals surface area contributed by atoms with Gasteiger partial charge in [0.05, 0.1) is 17.8 Å². The summed E-state index contributed by atoms with van der Waals surface area (Å²) in [6.45, 7) is 4.42. The van der Waals surface area contributed by atoms with Crippen molar-refractivity contribution in [2.45, 2.75) is 103 Å². The normalized spacial score (nSPS) is 15.4. The van der Waals surface area contributed by atoms with Crippen molar-refractivity contribution in [2.24, 2.45) is 0 Å². The van der Waals surface area contributed by atoms with Gasteiger partial charge in [0.15, 0.2) is 0 Å². The second-order valence-electron chi connectivity index (χ2n) is 8.13. The zero-order chi connectivity index (χ0) is 22.2. The maximum absolute atomic E-state index is 5.22. The highest BCUT2D eigenvalue weighted by atomic mass is 32.2. The van der Waals surface area contributed by atoms with Crippen LogP contribution in [0.2, 0.25) is 0 Å². The molecule has 0 unspecified atom stereocenters. The van der Waals surface area contributed by atoms with E-state index in [2.05, 4.69) is 35.3 Å². The Morgan fingerprint density at radius 1 is 0.871 bits per heavy atom. The fourth-order valence-corrected chi connectivity index (χ4v) is 4.08. The molecule has 3 rings (SSSR count). The molecule has 0 spiro atoms. The number of hydrogen-bond donors (Lipinski definition) is 3. The highest BCUT2D eigenvalue weighted by Crippen LogP contribution is 2.32. The van der Waals surface area contributed by atoms with Gasteiger partial charge in [-0.25, -0.2) is 10.9 Å². The monoisotopic (exact) mass is 447 g/mol. The van der Waals surface area contributed by atoms with Crippen LogP contribution in [0.1, 0.15) is 102 Å².